The first-order chi connectivity index (χ1) is 14.7. The van der Waals surface area contributed by atoms with Crippen molar-refractivity contribution in [2.75, 3.05) is 59.2 Å². The molecule has 166 valence electrons. The number of carbonyl (C=O) groups is 1. The van der Waals surface area contributed by atoms with Crippen LogP contribution in [0.15, 0.2) is 30.3 Å². The third kappa shape index (κ3) is 6.03. The summed E-state index contributed by atoms with van der Waals surface area (Å²) in [5, 5.41) is 0. The molecular formula is C24H36N2O4. The van der Waals surface area contributed by atoms with Gasteiger partial charge in [-0.2, -0.15) is 0 Å². The number of nitrogens with zero attached hydrogens (tertiary/aromatic N) is 2. The Morgan fingerprint density at radius 2 is 1.83 bits per heavy atom. The third-order valence-corrected chi connectivity index (χ3v) is 6.87. The smallest absolute Gasteiger partial charge is 0.236 e. The van der Waals surface area contributed by atoms with Crippen molar-refractivity contribution >= 4 is 5.91 Å². The fourth-order valence-corrected chi connectivity index (χ4v) is 4.95. The fraction of sp³-hybridized carbons (Fsp3) is 0.708. The fourth-order valence-electron chi connectivity index (χ4n) is 4.95. The molecule has 1 atom stereocenters. The molecule has 0 N–H and O–H groups in total. The van der Waals surface area contributed by atoms with Crippen LogP contribution >= 0.6 is 0 Å². The molecule has 3 aliphatic heterocycles. The highest BCUT2D eigenvalue weighted by Crippen LogP contribution is 2.38. The van der Waals surface area contributed by atoms with Crippen LogP contribution in [0.3, 0.4) is 0 Å². The third-order valence-electron chi connectivity index (χ3n) is 6.87. The first-order valence-electron chi connectivity index (χ1n) is 11.6. The van der Waals surface area contributed by atoms with E-state index in [1.54, 1.807) is 0 Å². The van der Waals surface area contributed by atoms with Gasteiger partial charge < -0.3 is 19.1 Å². The van der Waals surface area contributed by atoms with Crippen molar-refractivity contribution in [2.24, 2.45) is 5.92 Å². The molecule has 1 unspecified atom stereocenters. The SMILES string of the molecule is O=C(CN1CCOCC1)N1CCC2(CC1)CC(CCOCc1ccccc1)CCO2. The Kier molecular flexibility index (Phi) is 7.77. The Morgan fingerprint density at radius 1 is 1.07 bits per heavy atom. The molecule has 0 saturated carbocycles. The summed E-state index contributed by atoms with van der Waals surface area (Å²) in [4.78, 5) is 16.9. The van der Waals surface area contributed by atoms with E-state index in [0.29, 0.717) is 19.1 Å². The van der Waals surface area contributed by atoms with Crippen molar-refractivity contribution in [1.29, 1.82) is 0 Å². The monoisotopic (exact) mass is 416 g/mol. The van der Waals surface area contributed by atoms with E-state index in [9.17, 15) is 4.79 Å². The first kappa shape index (κ1) is 21.8. The largest absolute Gasteiger partial charge is 0.379 e. The molecule has 3 saturated heterocycles. The van der Waals surface area contributed by atoms with Gasteiger partial charge in [0, 0.05) is 39.4 Å². The lowest BCUT2D eigenvalue weighted by Crippen LogP contribution is -2.53. The van der Waals surface area contributed by atoms with Crippen LogP contribution in [0.5, 0.6) is 0 Å². The summed E-state index contributed by atoms with van der Waals surface area (Å²) in [7, 11) is 0. The van der Waals surface area contributed by atoms with Gasteiger partial charge in [-0.25, -0.2) is 0 Å². The van der Waals surface area contributed by atoms with Gasteiger partial charge in [0.2, 0.25) is 5.91 Å². The Labute approximate surface area is 180 Å². The van der Waals surface area contributed by atoms with Gasteiger partial charge in [0.05, 0.1) is 32.0 Å². The predicted octanol–water partition coefficient (Wildman–Crippen LogP) is 2.71. The molecule has 30 heavy (non-hydrogen) atoms. The number of amides is 1. The maximum absolute atomic E-state index is 12.7. The van der Waals surface area contributed by atoms with Crippen LogP contribution in [0.2, 0.25) is 0 Å². The summed E-state index contributed by atoms with van der Waals surface area (Å²) in [6, 6.07) is 10.4. The number of piperidine rings is 1. The van der Waals surface area contributed by atoms with E-state index in [4.69, 9.17) is 14.2 Å². The average molecular weight is 417 g/mol. The van der Waals surface area contributed by atoms with Crippen LogP contribution < -0.4 is 0 Å². The first-order valence-corrected chi connectivity index (χ1v) is 11.6. The highest BCUT2D eigenvalue weighted by Gasteiger charge is 2.41. The molecule has 3 fully saturated rings. The lowest BCUT2D eigenvalue weighted by atomic mass is 9.78. The highest BCUT2D eigenvalue weighted by molar-refractivity contribution is 5.78. The molecule has 0 bridgehead atoms. The van der Waals surface area contributed by atoms with E-state index in [-0.39, 0.29) is 11.5 Å². The minimum absolute atomic E-state index is 0.0297. The Bertz CT molecular complexity index is 654. The predicted molar refractivity (Wildman–Crippen MR) is 115 cm³/mol. The molecule has 1 spiro atoms. The van der Waals surface area contributed by atoms with E-state index >= 15 is 0 Å². The highest BCUT2D eigenvalue weighted by atomic mass is 16.5. The maximum Gasteiger partial charge on any atom is 0.236 e. The van der Waals surface area contributed by atoms with Crippen molar-refractivity contribution < 1.29 is 19.0 Å². The second-order valence-electron chi connectivity index (χ2n) is 8.99. The topological polar surface area (TPSA) is 51.2 Å². The quantitative estimate of drug-likeness (QED) is 0.640. The van der Waals surface area contributed by atoms with Gasteiger partial charge in [-0.15, -0.1) is 0 Å². The molecule has 0 aliphatic carbocycles. The summed E-state index contributed by atoms with van der Waals surface area (Å²) in [5.74, 6) is 0.915. The number of likely N-dealkylation sites (tertiary alicyclic amines) is 1. The number of hydrogen-bond acceptors (Lipinski definition) is 5. The zero-order valence-electron chi connectivity index (χ0n) is 18.1. The zero-order valence-corrected chi connectivity index (χ0v) is 18.1. The second-order valence-corrected chi connectivity index (χ2v) is 8.99. The molecule has 6 heteroatoms. The van der Waals surface area contributed by atoms with E-state index < -0.39 is 0 Å². The van der Waals surface area contributed by atoms with Crippen LogP contribution in [-0.2, 0) is 25.6 Å². The molecule has 4 rings (SSSR count). The molecule has 0 aromatic heterocycles. The van der Waals surface area contributed by atoms with Gasteiger partial charge in [0.25, 0.3) is 0 Å². The second kappa shape index (κ2) is 10.7. The Hall–Kier alpha value is -1.47. The number of morpholine rings is 1. The van der Waals surface area contributed by atoms with Crippen LogP contribution in [0.1, 0.15) is 37.7 Å². The summed E-state index contributed by atoms with van der Waals surface area (Å²) >= 11 is 0. The number of ether oxygens (including phenoxy) is 3. The Morgan fingerprint density at radius 3 is 2.60 bits per heavy atom. The zero-order chi connectivity index (χ0) is 20.7. The number of carbonyl (C=O) groups excluding carboxylic acids is 1. The average Bonchev–Trinajstić information content (AvgIpc) is 2.79. The molecule has 3 aliphatic rings. The van der Waals surface area contributed by atoms with E-state index in [1.165, 1.54) is 5.56 Å². The number of benzene rings is 1. The van der Waals surface area contributed by atoms with Crippen molar-refractivity contribution in [1.82, 2.24) is 9.80 Å². The lowest BCUT2D eigenvalue weighted by Gasteiger charge is -2.46. The summed E-state index contributed by atoms with van der Waals surface area (Å²) in [5.41, 5.74) is 1.20. The van der Waals surface area contributed by atoms with Gasteiger partial charge in [-0.3, -0.25) is 9.69 Å². The van der Waals surface area contributed by atoms with Gasteiger partial charge in [-0.1, -0.05) is 30.3 Å². The number of rotatable bonds is 7. The van der Waals surface area contributed by atoms with Gasteiger partial charge in [0.15, 0.2) is 0 Å². The van der Waals surface area contributed by atoms with Crippen molar-refractivity contribution in [3.8, 4) is 0 Å². The molecular weight excluding hydrogens is 380 g/mol. The Balaban J connectivity index is 1.17. The van der Waals surface area contributed by atoms with Crippen molar-refractivity contribution in [3.05, 3.63) is 35.9 Å². The summed E-state index contributed by atoms with van der Waals surface area (Å²) in [6.45, 7) is 7.70. The minimum atomic E-state index is -0.0297. The number of hydrogen-bond donors (Lipinski definition) is 0. The minimum Gasteiger partial charge on any atom is -0.379 e. The molecule has 1 amide bonds. The molecule has 3 heterocycles. The van der Waals surface area contributed by atoms with Crippen molar-refractivity contribution in [3.63, 3.8) is 0 Å². The van der Waals surface area contributed by atoms with Gasteiger partial charge in [-0.05, 0) is 43.6 Å². The van der Waals surface area contributed by atoms with Crippen LogP contribution in [-0.4, -0.2) is 80.5 Å². The van der Waals surface area contributed by atoms with Crippen LogP contribution in [0, 0.1) is 5.92 Å². The standard InChI is InChI=1S/C24H36N2O4/c27-23(19-25-12-16-28-17-13-25)26-10-8-24(9-11-26)18-21(7-15-30-24)6-14-29-20-22-4-2-1-3-5-22/h1-5,21H,6-20H2. The van der Waals surface area contributed by atoms with Gasteiger partial charge in [0.1, 0.15) is 0 Å². The van der Waals surface area contributed by atoms with Crippen molar-refractivity contribution in [2.45, 2.75) is 44.3 Å². The van der Waals surface area contributed by atoms with E-state index in [0.717, 1.165) is 84.7 Å². The summed E-state index contributed by atoms with van der Waals surface area (Å²) in [6.07, 6.45) is 5.24. The maximum atomic E-state index is 12.7. The van der Waals surface area contributed by atoms with E-state index in [2.05, 4.69) is 29.2 Å². The molecule has 1 aromatic carbocycles. The van der Waals surface area contributed by atoms with Crippen LogP contribution in [0.25, 0.3) is 0 Å². The molecule has 1 aromatic rings. The normalized spacial score (nSPS) is 24.8. The van der Waals surface area contributed by atoms with Gasteiger partial charge >= 0.3 is 0 Å². The van der Waals surface area contributed by atoms with E-state index in [1.807, 2.05) is 11.0 Å². The molecule has 0 radical (unpaired) electrons. The lowest BCUT2D eigenvalue weighted by molar-refractivity contribution is -0.149. The molecule has 6 nitrogen and oxygen atoms in total. The summed E-state index contributed by atoms with van der Waals surface area (Å²) < 4.78 is 17.6. The van der Waals surface area contributed by atoms with Crippen LogP contribution in [0.4, 0.5) is 0 Å².